The summed E-state index contributed by atoms with van der Waals surface area (Å²) in [5.74, 6) is 0.804. The zero-order valence-electron chi connectivity index (χ0n) is 10.5. The van der Waals surface area contributed by atoms with Gasteiger partial charge in [0, 0.05) is 12.4 Å². The molecule has 2 nitrogen and oxygen atoms in total. The smallest absolute Gasteiger partial charge is 0.0766 e. The van der Waals surface area contributed by atoms with Gasteiger partial charge in [-0.25, -0.2) is 0 Å². The average Bonchev–Trinajstić information content (AvgIpc) is 3.10. The molecule has 0 bridgehead atoms. The third kappa shape index (κ3) is 3.25. The molecule has 1 aliphatic rings. The molecule has 0 aliphatic heterocycles. The first kappa shape index (κ1) is 13.4. The Hall–Kier alpha value is -0.0200. The summed E-state index contributed by atoms with van der Waals surface area (Å²) in [6.07, 6.45) is 7.01. The van der Waals surface area contributed by atoms with E-state index in [2.05, 4.69) is 28.0 Å². The van der Waals surface area contributed by atoms with Gasteiger partial charge in [-0.05, 0) is 60.4 Å². The molecule has 1 aromatic rings. The Bertz CT molecular complexity index is 385. The molecule has 0 radical (unpaired) electrons. The lowest BCUT2D eigenvalue weighted by atomic mass is 10.1. The van der Waals surface area contributed by atoms with Crippen molar-refractivity contribution in [2.24, 2.45) is 13.0 Å². The summed E-state index contributed by atoms with van der Waals surface area (Å²) in [7, 11) is 2.03. The number of hydrogen-bond acceptors (Lipinski definition) is 1. The Morgan fingerprint density at radius 2 is 2.24 bits per heavy atom. The molecule has 1 fully saturated rings. The fraction of sp³-hybridized carbons (Fsp3) is 0.769. The Labute approximate surface area is 117 Å². The molecule has 1 aliphatic carbocycles. The molecule has 0 amide bonds. The molecule has 0 aromatic carbocycles. The molecule has 96 valence electrons. The number of rotatable bonds is 6. The SMILES string of the molecule is CCc1nn(C)c(CCCC(Cl)C2CC2)c1Br. The first-order chi connectivity index (χ1) is 8.13. The maximum absolute atomic E-state index is 6.32. The highest BCUT2D eigenvalue weighted by molar-refractivity contribution is 9.10. The van der Waals surface area contributed by atoms with Gasteiger partial charge >= 0.3 is 0 Å². The first-order valence-corrected chi connectivity index (χ1v) is 7.70. The first-order valence-electron chi connectivity index (χ1n) is 6.47. The Morgan fingerprint density at radius 3 is 2.76 bits per heavy atom. The molecule has 1 heterocycles. The van der Waals surface area contributed by atoms with Crippen LogP contribution in [-0.2, 0) is 19.9 Å². The second-order valence-electron chi connectivity index (χ2n) is 4.93. The lowest BCUT2D eigenvalue weighted by Gasteiger charge is -2.07. The lowest BCUT2D eigenvalue weighted by Crippen LogP contribution is -2.04. The predicted octanol–water partition coefficient (Wildman–Crippen LogP) is 4.09. The van der Waals surface area contributed by atoms with Gasteiger partial charge < -0.3 is 0 Å². The molecule has 2 rings (SSSR count). The minimum atomic E-state index is 0.396. The van der Waals surface area contributed by atoms with Crippen LogP contribution in [0.25, 0.3) is 0 Å². The second-order valence-corrected chi connectivity index (χ2v) is 6.28. The summed E-state index contributed by atoms with van der Waals surface area (Å²) >= 11 is 9.98. The highest BCUT2D eigenvalue weighted by Crippen LogP contribution is 2.38. The van der Waals surface area contributed by atoms with Crippen LogP contribution < -0.4 is 0 Å². The van der Waals surface area contributed by atoms with Gasteiger partial charge in [0.2, 0.25) is 0 Å². The van der Waals surface area contributed by atoms with Crippen molar-refractivity contribution in [2.45, 2.75) is 50.8 Å². The van der Waals surface area contributed by atoms with Crippen molar-refractivity contribution in [1.29, 1.82) is 0 Å². The number of hydrogen-bond donors (Lipinski definition) is 0. The number of halogens is 2. The second kappa shape index (κ2) is 5.75. The number of alkyl halides is 1. The Kier molecular flexibility index (Phi) is 4.53. The van der Waals surface area contributed by atoms with Crippen LogP contribution in [0.3, 0.4) is 0 Å². The fourth-order valence-electron chi connectivity index (χ4n) is 2.25. The van der Waals surface area contributed by atoms with Crippen LogP contribution in [0.5, 0.6) is 0 Å². The van der Waals surface area contributed by atoms with Crippen molar-refractivity contribution in [2.75, 3.05) is 0 Å². The van der Waals surface area contributed by atoms with Crippen molar-refractivity contribution in [3.8, 4) is 0 Å². The van der Waals surface area contributed by atoms with Gasteiger partial charge in [0.1, 0.15) is 0 Å². The van der Waals surface area contributed by atoms with E-state index < -0.39 is 0 Å². The van der Waals surface area contributed by atoms with E-state index in [0.29, 0.717) is 5.38 Å². The van der Waals surface area contributed by atoms with Gasteiger partial charge in [-0.2, -0.15) is 5.10 Å². The van der Waals surface area contributed by atoms with Crippen LogP contribution in [0.2, 0.25) is 0 Å². The monoisotopic (exact) mass is 318 g/mol. The Morgan fingerprint density at radius 1 is 1.53 bits per heavy atom. The average molecular weight is 320 g/mol. The van der Waals surface area contributed by atoms with Gasteiger partial charge in [0.25, 0.3) is 0 Å². The molecule has 0 N–H and O–H groups in total. The zero-order chi connectivity index (χ0) is 12.4. The normalized spacial score (nSPS) is 17.4. The Balaban J connectivity index is 1.87. The van der Waals surface area contributed by atoms with E-state index in [-0.39, 0.29) is 0 Å². The highest BCUT2D eigenvalue weighted by atomic mass is 79.9. The van der Waals surface area contributed by atoms with Gasteiger partial charge in [0.05, 0.1) is 15.9 Å². The van der Waals surface area contributed by atoms with Crippen molar-refractivity contribution < 1.29 is 0 Å². The van der Waals surface area contributed by atoms with Gasteiger partial charge in [-0.1, -0.05) is 6.92 Å². The third-order valence-corrected chi connectivity index (χ3v) is 5.02. The largest absolute Gasteiger partial charge is 0.271 e. The standard InChI is InChI=1S/C13H20BrClN2/c1-3-11-13(14)12(17(2)16-11)6-4-5-10(15)9-7-8-9/h9-10H,3-8H2,1-2H3. The van der Waals surface area contributed by atoms with E-state index in [9.17, 15) is 0 Å². The quantitative estimate of drug-likeness (QED) is 0.722. The summed E-state index contributed by atoms with van der Waals surface area (Å²) in [4.78, 5) is 0. The van der Waals surface area contributed by atoms with E-state index in [1.807, 2.05) is 11.7 Å². The molecule has 0 saturated heterocycles. The van der Waals surface area contributed by atoms with Gasteiger partial charge in [0.15, 0.2) is 0 Å². The number of aryl methyl sites for hydroxylation is 2. The van der Waals surface area contributed by atoms with Crippen LogP contribution in [0.15, 0.2) is 4.47 Å². The maximum Gasteiger partial charge on any atom is 0.0766 e. The number of nitrogens with zero attached hydrogens (tertiary/aromatic N) is 2. The number of aromatic nitrogens is 2. The molecular formula is C13H20BrClN2. The summed E-state index contributed by atoms with van der Waals surface area (Å²) in [5, 5.41) is 4.91. The van der Waals surface area contributed by atoms with Crippen LogP contribution in [-0.4, -0.2) is 15.2 Å². The summed E-state index contributed by atoms with van der Waals surface area (Å²) in [6.45, 7) is 2.14. The van der Waals surface area contributed by atoms with E-state index >= 15 is 0 Å². The minimum absolute atomic E-state index is 0.396. The van der Waals surface area contributed by atoms with E-state index in [0.717, 1.165) is 37.3 Å². The molecule has 1 saturated carbocycles. The molecule has 1 aromatic heterocycles. The van der Waals surface area contributed by atoms with E-state index in [1.54, 1.807) is 0 Å². The van der Waals surface area contributed by atoms with E-state index in [1.165, 1.54) is 23.0 Å². The highest BCUT2D eigenvalue weighted by Gasteiger charge is 2.29. The molecular weight excluding hydrogens is 300 g/mol. The van der Waals surface area contributed by atoms with Crippen LogP contribution in [0.1, 0.15) is 44.0 Å². The van der Waals surface area contributed by atoms with Crippen molar-refractivity contribution in [3.63, 3.8) is 0 Å². The predicted molar refractivity (Wildman–Crippen MR) is 75.6 cm³/mol. The minimum Gasteiger partial charge on any atom is -0.271 e. The van der Waals surface area contributed by atoms with Crippen LogP contribution >= 0.6 is 27.5 Å². The molecule has 0 spiro atoms. The third-order valence-electron chi connectivity index (χ3n) is 3.53. The summed E-state index contributed by atoms with van der Waals surface area (Å²) < 4.78 is 3.20. The topological polar surface area (TPSA) is 17.8 Å². The van der Waals surface area contributed by atoms with Crippen molar-refractivity contribution >= 4 is 27.5 Å². The maximum atomic E-state index is 6.32. The molecule has 17 heavy (non-hydrogen) atoms. The van der Waals surface area contributed by atoms with E-state index in [4.69, 9.17) is 11.6 Å². The van der Waals surface area contributed by atoms with Crippen molar-refractivity contribution in [3.05, 3.63) is 15.9 Å². The lowest BCUT2D eigenvalue weighted by molar-refractivity contribution is 0.610. The molecule has 1 atom stereocenters. The fourth-order valence-corrected chi connectivity index (χ4v) is 3.47. The summed E-state index contributed by atoms with van der Waals surface area (Å²) in [6, 6.07) is 0. The zero-order valence-corrected chi connectivity index (χ0v) is 12.9. The van der Waals surface area contributed by atoms with Crippen LogP contribution in [0.4, 0.5) is 0 Å². The van der Waals surface area contributed by atoms with Gasteiger partial charge in [-0.15, -0.1) is 11.6 Å². The van der Waals surface area contributed by atoms with Gasteiger partial charge in [-0.3, -0.25) is 4.68 Å². The summed E-state index contributed by atoms with van der Waals surface area (Å²) in [5.41, 5.74) is 2.47. The van der Waals surface area contributed by atoms with Crippen LogP contribution in [0, 0.1) is 5.92 Å². The molecule has 1 unspecified atom stereocenters. The van der Waals surface area contributed by atoms with Crippen molar-refractivity contribution in [1.82, 2.24) is 9.78 Å². The molecule has 4 heteroatoms.